The van der Waals surface area contributed by atoms with Crippen molar-refractivity contribution in [2.45, 2.75) is 20.4 Å². The first-order chi connectivity index (χ1) is 13.5. The molecule has 0 saturated carbocycles. The molecule has 1 aromatic heterocycles. The number of pyridine rings is 1. The molecule has 2 aromatic carbocycles. The summed E-state index contributed by atoms with van der Waals surface area (Å²) in [6.07, 6.45) is 1.63. The number of aryl methyl sites for hydroxylation is 2. The maximum atomic E-state index is 13.0. The summed E-state index contributed by atoms with van der Waals surface area (Å²) in [6.45, 7) is 5.03. The van der Waals surface area contributed by atoms with Gasteiger partial charge >= 0.3 is 0 Å². The number of rotatable bonds is 2. The van der Waals surface area contributed by atoms with Gasteiger partial charge in [-0.05, 0) is 54.3 Å². The minimum Gasteiger partial charge on any atom is -0.504 e. The van der Waals surface area contributed by atoms with Gasteiger partial charge in [-0.1, -0.05) is 30.3 Å². The fourth-order valence-electron chi connectivity index (χ4n) is 3.58. The molecule has 0 fully saturated rings. The normalized spacial score (nSPS) is 13.4. The molecule has 5 nitrogen and oxygen atoms in total. The zero-order valence-electron chi connectivity index (χ0n) is 16.0. The SMILES string of the molecule is Cc1ccccc1-c1cc(O)c2c(c1)CN(C(=O)c1ncccc1C)CCO2. The molecule has 3 aromatic rings. The number of carbonyl (C=O) groups is 1. The van der Waals surface area contributed by atoms with Crippen molar-refractivity contribution in [1.82, 2.24) is 9.88 Å². The Hall–Kier alpha value is -3.34. The van der Waals surface area contributed by atoms with E-state index < -0.39 is 0 Å². The maximum Gasteiger partial charge on any atom is 0.273 e. The Kier molecular flexibility index (Phi) is 4.74. The predicted octanol–water partition coefficient (Wildman–Crippen LogP) is 4.11. The van der Waals surface area contributed by atoms with Crippen molar-refractivity contribution in [3.05, 3.63) is 77.1 Å². The number of fused-ring (bicyclic) bond motifs is 1. The number of hydrogen-bond donors (Lipinski definition) is 1. The van der Waals surface area contributed by atoms with E-state index >= 15 is 0 Å². The Balaban J connectivity index is 1.72. The van der Waals surface area contributed by atoms with Crippen molar-refractivity contribution >= 4 is 5.91 Å². The fraction of sp³-hybridized carbons (Fsp3) is 0.217. The molecule has 0 radical (unpaired) electrons. The van der Waals surface area contributed by atoms with Crippen molar-refractivity contribution in [2.75, 3.05) is 13.2 Å². The number of phenolic OH excluding ortho intramolecular Hbond substituents is 1. The molecule has 0 unspecified atom stereocenters. The second-order valence-electron chi connectivity index (χ2n) is 7.04. The van der Waals surface area contributed by atoms with E-state index in [1.807, 2.05) is 56.3 Å². The molecule has 5 heteroatoms. The summed E-state index contributed by atoms with van der Waals surface area (Å²) in [7, 11) is 0. The number of nitrogens with zero attached hydrogens (tertiary/aromatic N) is 2. The minimum absolute atomic E-state index is 0.0964. The third-order valence-electron chi connectivity index (χ3n) is 5.07. The van der Waals surface area contributed by atoms with Crippen LogP contribution >= 0.6 is 0 Å². The smallest absolute Gasteiger partial charge is 0.273 e. The van der Waals surface area contributed by atoms with Crippen LogP contribution in [0.1, 0.15) is 27.2 Å². The van der Waals surface area contributed by atoms with Crippen molar-refractivity contribution in [3.63, 3.8) is 0 Å². The number of amides is 1. The lowest BCUT2D eigenvalue weighted by atomic mass is 9.97. The summed E-state index contributed by atoms with van der Waals surface area (Å²) in [5.41, 5.74) is 5.15. The lowest BCUT2D eigenvalue weighted by Crippen LogP contribution is -2.33. The molecule has 0 atom stereocenters. The molecule has 28 heavy (non-hydrogen) atoms. The Morgan fingerprint density at radius 2 is 1.89 bits per heavy atom. The quantitative estimate of drug-likeness (QED) is 0.733. The molecule has 0 saturated heterocycles. The van der Waals surface area contributed by atoms with Gasteiger partial charge in [-0.3, -0.25) is 9.78 Å². The van der Waals surface area contributed by atoms with E-state index in [0.29, 0.717) is 31.1 Å². The molecule has 1 aliphatic rings. The lowest BCUT2D eigenvalue weighted by molar-refractivity contribution is 0.0726. The van der Waals surface area contributed by atoms with Crippen LogP contribution in [0.15, 0.2) is 54.7 Å². The largest absolute Gasteiger partial charge is 0.504 e. The fourth-order valence-corrected chi connectivity index (χ4v) is 3.58. The van der Waals surface area contributed by atoms with Crippen molar-refractivity contribution in [2.24, 2.45) is 0 Å². The van der Waals surface area contributed by atoms with Gasteiger partial charge < -0.3 is 14.7 Å². The number of ether oxygens (including phenoxy) is 1. The average Bonchev–Trinajstić information content (AvgIpc) is 2.91. The minimum atomic E-state index is -0.129. The van der Waals surface area contributed by atoms with E-state index in [4.69, 9.17) is 4.74 Å². The summed E-state index contributed by atoms with van der Waals surface area (Å²) in [6, 6.07) is 15.4. The van der Waals surface area contributed by atoms with Gasteiger partial charge in [-0.15, -0.1) is 0 Å². The number of carbonyl (C=O) groups excluding carboxylic acids is 1. The summed E-state index contributed by atoms with van der Waals surface area (Å²) < 4.78 is 5.78. The van der Waals surface area contributed by atoms with Gasteiger partial charge in [0.15, 0.2) is 11.5 Å². The van der Waals surface area contributed by atoms with Crippen LogP contribution < -0.4 is 4.74 Å². The summed E-state index contributed by atoms with van der Waals surface area (Å²) in [5.74, 6) is 0.416. The second-order valence-corrected chi connectivity index (χ2v) is 7.04. The highest BCUT2D eigenvalue weighted by Crippen LogP contribution is 2.38. The van der Waals surface area contributed by atoms with Gasteiger partial charge in [0.2, 0.25) is 0 Å². The highest BCUT2D eigenvalue weighted by molar-refractivity contribution is 5.93. The zero-order chi connectivity index (χ0) is 19.7. The van der Waals surface area contributed by atoms with E-state index in [1.54, 1.807) is 17.2 Å². The lowest BCUT2D eigenvalue weighted by Gasteiger charge is -2.20. The third-order valence-corrected chi connectivity index (χ3v) is 5.07. The second kappa shape index (κ2) is 7.35. The molecule has 0 spiro atoms. The number of hydrogen-bond acceptors (Lipinski definition) is 4. The van der Waals surface area contributed by atoms with Crippen molar-refractivity contribution in [1.29, 1.82) is 0 Å². The number of phenols is 1. The summed E-state index contributed by atoms with van der Waals surface area (Å²) in [5, 5.41) is 10.6. The van der Waals surface area contributed by atoms with Gasteiger partial charge in [0.1, 0.15) is 12.3 Å². The molecule has 0 bridgehead atoms. The van der Waals surface area contributed by atoms with Gasteiger partial charge in [0, 0.05) is 18.3 Å². The van der Waals surface area contributed by atoms with Crippen LogP contribution in [0.2, 0.25) is 0 Å². The van der Waals surface area contributed by atoms with Crippen LogP contribution in [-0.4, -0.2) is 34.0 Å². The Labute approximate surface area is 164 Å². The van der Waals surface area contributed by atoms with Crippen LogP contribution in [-0.2, 0) is 6.54 Å². The molecule has 1 aliphatic heterocycles. The monoisotopic (exact) mass is 374 g/mol. The Morgan fingerprint density at radius 3 is 2.68 bits per heavy atom. The van der Waals surface area contributed by atoms with Gasteiger partial charge in [-0.2, -0.15) is 0 Å². The van der Waals surface area contributed by atoms with Gasteiger partial charge in [0.05, 0.1) is 6.54 Å². The molecular weight excluding hydrogens is 352 g/mol. The van der Waals surface area contributed by atoms with Crippen LogP contribution in [0.4, 0.5) is 0 Å². The molecule has 1 N–H and O–H groups in total. The van der Waals surface area contributed by atoms with Crippen LogP contribution in [0.3, 0.4) is 0 Å². The van der Waals surface area contributed by atoms with Crippen LogP contribution in [0.25, 0.3) is 11.1 Å². The Morgan fingerprint density at radius 1 is 1.11 bits per heavy atom. The Bertz CT molecular complexity index is 1050. The third kappa shape index (κ3) is 3.31. The molecule has 1 amide bonds. The highest BCUT2D eigenvalue weighted by atomic mass is 16.5. The van der Waals surface area contributed by atoms with Crippen LogP contribution in [0.5, 0.6) is 11.5 Å². The van der Waals surface area contributed by atoms with E-state index in [0.717, 1.165) is 27.8 Å². The van der Waals surface area contributed by atoms with Gasteiger partial charge in [0.25, 0.3) is 5.91 Å². The molecule has 4 rings (SSSR count). The average molecular weight is 374 g/mol. The van der Waals surface area contributed by atoms with Crippen molar-refractivity contribution in [3.8, 4) is 22.6 Å². The summed E-state index contributed by atoms with van der Waals surface area (Å²) >= 11 is 0. The predicted molar refractivity (Wildman–Crippen MR) is 107 cm³/mol. The van der Waals surface area contributed by atoms with E-state index in [2.05, 4.69) is 4.98 Å². The van der Waals surface area contributed by atoms with Crippen LogP contribution in [0, 0.1) is 13.8 Å². The molecule has 2 heterocycles. The topological polar surface area (TPSA) is 62.7 Å². The summed E-state index contributed by atoms with van der Waals surface area (Å²) in [4.78, 5) is 19.0. The maximum absolute atomic E-state index is 13.0. The zero-order valence-corrected chi connectivity index (χ0v) is 16.0. The number of aromatic nitrogens is 1. The molecular formula is C23H22N2O3. The van der Waals surface area contributed by atoms with E-state index in [9.17, 15) is 9.90 Å². The van der Waals surface area contributed by atoms with E-state index in [-0.39, 0.29) is 11.7 Å². The number of benzene rings is 2. The first kappa shape index (κ1) is 18.0. The standard InChI is InChI=1S/C23H22N2O3/c1-15-6-3-4-8-19(15)17-12-18-14-25(10-11-28-22(18)20(26)13-17)23(27)21-16(2)7-5-9-24-21/h3-9,12-13,26H,10-11,14H2,1-2H3. The first-order valence-corrected chi connectivity index (χ1v) is 9.30. The van der Waals surface area contributed by atoms with Crippen molar-refractivity contribution < 1.29 is 14.6 Å². The first-order valence-electron chi connectivity index (χ1n) is 9.30. The van der Waals surface area contributed by atoms with E-state index in [1.165, 1.54) is 0 Å². The highest BCUT2D eigenvalue weighted by Gasteiger charge is 2.25. The number of aromatic hydroxyl groups is 1. The molecule has 142 valence electrons. The van der Waals surface area contributed by atoms with Gasteiger partial charge in [-0.25, -0.2) is 0 Å². The molecule has 0 aliphatic carbocycles.